The smallest absolute Gasteiger partial charge is 0.0994 e. The normalized spacial score (nSPS) is 10.5. The Kier molecular flexibility index (Phi) is 1.73. The van der Waals surface area contributed by atoms with Crippen molar-refractivity contribution in [1.29, 1.82) is 5.41 Å². The third-order valence-electron chi connectivity index (χ3n) is 1.90. The number of rotatable bonds is 2. The number of nitrogens with one attached hydrogen (secondary N) is 1. The summed E-state index contributed by atoms with van der Waals surface area (Å²) in [5.41, 5.74) is 7.35. The number of fused-ring (bicyclic) bond motifs is 1. The summed E-state index contributed by atoms with van der Waals surface area (Å²) in [6, 6.07) is 5.85. The number of nitrogens with two attached hydrogens (primary N) is 1. The second-order valence-electron chi connectivity index (χ2n) is 2.91. The summed E-state index contributed by atoms with van der Waals surface area (Å²) in [6.45, 7) is 0. The van der Waals surface area contributed by atoms with E-state index in [0.29, 0.717) is 6.42 Å². The van der Waals surface area contributed by atoms with E-state index in [2.05, 4.69) is 4.98 Å². The van der Waals surface area contributed by atoms with Crippen molar-refractivity contribution in [2.24, 2.45) is 5.73 Å². The molecule has 0 atom stereocenters. The molecular weight excluding hydrogens is 164 g/mol. The minimum absolute atomic E-state index is 0.168. The van der Waals surface area contributed by atoms with Gasteiger partial charge in [-0.05, 0) is 12.1 Å². The maximum atomic E-state index is 7.20. The van der Waals surface area contributed by atoms with Crippen molar-refractivity contribution >= 4 is 11.4 Å². The molecule has 0 aliphatic carbocycles. The van der Waals surface area contributed by atoms with Gasteiger partial charge in [-0.2, -0.15) is 0 Å². The molecule has 2 heterocycles. The molecule has 0 unspecified atom stereocenters. The highest BCUT2D eigenvalue weighted by Gasteiger charge is 2.00. The molecule has 4 heteroatoms. The van der Waals surface area contributed by atoms with Crippen LogP contribution in [0.25, 0.3) is 5.52 Å². The van der Waals surface area contributed by atoms with E-state index >= 15 is 0 Å². The molecule has 0 saturated heterocycles. The molecule has 0 saturated carbocycles. The Labute approximate surface area is 75.5 Å². The Morgan fingerprint density at radius 2 is 2.38 bits per heavy atom. The van der Waals surface area contributed by atoms with Crippen molar-refractivity contribution in [2.45, 2.75) is 6.42 Å². The van der Waals surface area contributed by atoms with Crippen LogP contribution in [-0.2, 0) is 6.42 Å². The molecule has 0 bridgehead atoms. The molecule has 0 amide bonds. The molecule has 0 aromatic carbocycles. The van der Waals surface area contributed by atoms with E-state index in [1.807, 2.05) is 22.6 Å². The third kappa shape index (κ3) is 1.38. The Morgan fingerprint density at radius 1 is 1.54 bits per heavy atom. The second kappa shape index (κ2) is 2.90. The summed E-state index contributed by atoms with van der Waals surface area (Å²) in [4.78, 5) is 4.02. The van der Waals surface area contributed by atoms with Gasteiger partial charge in [0, 0.05) is 12.1 Å². The first-order valence-corrected chi connectivity index (χ1v) is 4.00. The molecule has 0 spiro atoms. The van der Waals surface area contributed by atoms with Crippen molar-refractivity contribution in [2.75, 3.05) is 0 Å². The van der Waals surface area contributed by atoms with Crippen molar-refractivity contribution in [3.8, 4) is 0 Å². The monoisotopic (exact) mass is 174 g/mol. The highest BCUT2D eigenvalue weighted by atomic mass is 15.0. The van der Waals surface area contributed by atoms with Crippen LogP contribution in [0, 0.1) is 5.41 Å². The quantitative estimate of drug-likeness (QED) is 0.522. The van der Waals surface area contributed by atoms with E-state index in [1.165, 1.54) is 0 Å². The van der Waals surface area contributed by atoms with E-state index in [0.717, 1.165) is 11.2 Å². The molecule has 4 nitrogen and oxygen atoms in total. The maximum absolute atomic E-state index is 7.20. The van der Waals surface area contributed by atoms with Gasteiger partial charge >= 0.3 is 0 Å². The van der Waals surface area contributed by atoms with Crippen LogP contribution < -0.4 is 5.73 Å². The largest absolute Gasteiger partial charge is 0.387 e. The summed E-state index contributed by atoms with van der Waals surface area (Å²) in [5.74, 6) is 0.168. The topological polar surface area (TPSA) is 67.2 Å². The molecule has 0 aliphatic heterocycles. The van der Waals surface area contributed by atoms with E-state index in [4.69, 9.17) is 11.1 Å². The number of imidazole rings is 1. The summed E-state index contributed by atoms with van der Waals surface area (Å²) in [5, 5.41) is 7.20. The van der Waals surface area contributed by atoms with E-state index in [1.54, 1.807) is 12.5 Å². The lowest BCUT2D eigenvalue weighted by Gasteiger charge is -2.02. The van der Waals surface area contributed by atoms with Crippen LogP contribution in [0.3, 0.4) is 0 Å². The molecule has 2 aromatic heterocycles. The average molecular weight is 174 g/mol. The number of hydrogen-bond donors (Lipinski definition) is 2. The number of hydrogen-bond acceptors (Lipinski definition) is 2. The zero-order valence-corrected chi connectivity index (χ0v) is 7.07. The average Bonchev–Trinajstić information content (AvgIpc) is 2.51. The van der Waals surface area contributed by atoms with Crippen molar-refractivity contribution in [3.63, 3.8) is 0 Å². The summed E-state index contributed by atoms with van der Waals surface area (Å²) in [6.07, 6.45) is 3.98. The fraction of sp³-hybridized carbons (Fsp3) is 0.111. The first-order valence-electron chi connectivity index (χ1n) is 4.00. The lowest BCUT2D eigenvalue weighted by molar-refractivity contribution is 1.03. The van der Waals surface area contributed by atoms with Crippen molar-refractivity contribution in [1.82, 2.24) is 9.38 Å². The summed E-state index contributed by atoms with van der Waals surface area (Å²) < 4.78 is 1.93. The Hall–Kier alpha value is -1.84. The first-order chi connectivity index (χ1) is 6.27. The van der Waals surface area contributed by atoms with Gasteiger partial charge in [0.2, 0.25) is 0 Å². The van der Waals surface area contributed by atoms with Crippen molar-refractivity contribution in [3.05, 3.63) is 36.4 Å². The van der Waals surface area contributed by atoms with E-state index < -0.39 is 0 Å². The Balaban J connectivity index is 2.54. The third-order valence-corrected chi connectivity index (χ3v) is 1.90. The number of nitrogens with zero attached hydrogens (tertiary/aromatic N) is 2. The van der Waals surface area contributed by atoms with Gasteiger partial charge in [0.1, 0.15) is 0 Å². The van der Waals surface area contributed by atoms with Gasteiger partial charge < -0.3 is 10.1 Å². The molecule has 3 N–H and O–H groups in total. The molecule has 13 heavy (non-hydrogen) atoms. The van der Waals surface area contributed by atoms with Gasteiger partial charge in [-0.1, -0.05) is 6.07 Å². The van der Waals surface area contributed by atoms with Crippen LogP contribution >= 0.6 is 0 Å². The highest BCUT2D eigenvalue weighted by Crippen LogP contribution is 2.06. The lowest BCUT2D eigenvalue weighted by Crippen LogP contribution is -2.14. The molecule has 0 aliphatic rings. The van der Waals surface area contributed by atoms with Gasteiger partial charge in [-0.3, -0.25) is 5.41 Å². The first kappa shape index (κ1) is 7.79. The number of aromatic nitrogens is 2. The fourth-order valence-electron chi connectivity index (χ4n) is 1.35. The van der Waals surface area contributed by atoms with Gasteiger partial charge in [-0.15, -0.1) is 0 Å². The van der Waals surface area contributed by atoms with Gasteiger partial charge in [0.25, 0.3) is 0 Å². The van der Waals surface area contributed by atoms with E-state index in [-0.39, 0.29) is 5.84 Å². The molecule has 2 aromatic rings. The van der Waals surface area contributed by atoms with E-state index in [9.17, 15) is 0 Å². The van der Waals surface area contributed by atoms with Crippen LogP contribution in [0.5, 0.6) is 0 Å². The minimum atomic E-state index is 0.168. The Bertz CT molecular complexity index is 444. The predicted octanol–water partition coefficient (Wildman–Crippen LogP) is 0.813. The lowest BCUT2D eigenvalue weighted by atomic mass is 10.2. The van der Waals surface area contributed by atoms with Gasteiger partial charge in [0.15, 0.2) is 0 Å². The van der Waals surface area contributed by atoms with Gasteiger partial charge in [-0.25, -0.2) is 4.98 Å². The van der Waals surface area contributed by atoms with Crippen LogP contribution in [0.2, 0.25) is 0 Å². The molecule has 66 valence electrons. The van der Waals surface area contributed by atoms with Crippen LogP contribution in [0.15, 0.2) is 30.7 Å². The molecule has 0 fully saturated rings. The zero-order valence-electron chi connectivity index (χ0n) is 7.07. The van der Waals surface area contributed by atoms with Crippen LogP contribution in [0.4, 0.5) is 0 Å². The minimum Gasteiger partial charge on any atom is -0.387 e. The SMILES string of the molecule is N=C(N)Cc1cccc2cncn12. The number of amidine groups is 1. The summed E-state index contributed by atoms with van der Waals surface area (Å²) in [7, 11) is 0. The zero-order chi connectivity index (χ0) is 9.26. The standard InChI is InChI=1S/C9H10N4/c10-9(11)4-7-2-1-3-8-5-12-6-13(7)8/h1-3,5-6H,4H2,(H3,10,11). The molecule has 2 rings (SSSR count). The summed E-state index contributed by atoms with van der Waals surface area (Å²) >= 11 is 0. The Morgan fingerprint density at radius 3 is 3.15 bits per heavy atom. The fourth-order valence-corrected chi connectivity index (χ4v) is 1.35. The van der Waals surface area contributed by atoms with Crippen LogP contribution in [-0.4, -0.2) is 15.2 Å². The molecule has 0 radical (unpaired) electrons. The van der Waals surface area contributed by atoms with Crippen LogP contribution in [0.1, 0.15) is 5.69 Å². The highest BCUT2D eigenvalue weighted by molar-refractivity contribution is 5.79. The van der Waals surface area contributed by atoms with Gasteiger partial charge in [0.05, 0.1) is 23.9 Å². The predicted molar refractivity (Wildman–Crippen MR) is 50.8 cm³/mol. The van der Waals surface area contributed by atoms with Crippen molar-refractivity contribution < 1.29 is 0 Å². The maximum Gasteiger partial charge on any atom is 0.0994 e. The second-order valence-corrected chi connectivity index (χ2v) is 2.91. The molecular formula is C9H10N4. The number of pyridine rings is 1.